The zero-order valence-electron chi connectivity index (χ0n) is 22.3. The molecule has 1 aromatic carbocycles. The summed E-state index contributed by atoms with van der Waals surface area (Å²) < 4.78 is 27.2. The van der Waals surface area contributed by atoms with Gasteiger partial charge in [-0.1, -0.05) is 0 Å². The van der Waals surface area contributed by atoms with E-state index in [-0.39, 0.29) is 44.6 Å². The Balaban J connectivity index is 2.40. The summed E-state index contributed by atoms with van der Waals surface area (Å²) >= 11 is 0.723. The molecule has 208 valence electrons. The van der Waals surface area contributed by atoms with Crippen LogP contribution in [0.1, 0.15) is 54.6 Å². The van der Waals surface area contributed by atoms with E-state index in [4.69, 9.17) is 14.7 Å². The van der Waals surface area contributed by atoms with Crippen LogP contribution in [0.25, 0.3) is 10.2 Å². The average molecular weight is 561 g/mol. The number of methoxy groups -OCH3 is 1. The van der Waals surface area contributed by atoms with Crippen molar-refractivity contribution in [1.29, 1.82) is 5.26 Å². The summed E-state index contributed by atoms with van der Waals surface area (Å²) in [6, 6.07) is 5.23. The first-order valence-electron chi connectivity index (χ1n) is 11.9. The molecule has 1 amide bonds. The van der Waals surface area contributed by atoms with Crippen LogP contribution in [0.15, 0.2) is 27.8 Å². The van der Waals surface area contributed by atoms with Crippen LogP contribution in [0.3, 0.4) is 0 Å². The van der Waals surface area contributed by atoms with Gasteiger partial charge in [-0.25, -0.2) is 18.5 Å². The largest absolute Gasteiger partial charge is 0.496 e. The molecule has 0 saturated carbocycles. The van der Waals surface area contributed by atoms with Gasteiger partial charge < -0.3 is 19.9 Å². The number of aromatic carboxylic acids is 1. The van der Waals surface area contributed by atoms with Gasteiger partial charge in [0.1, 0.15) is 39.5 Å². The molecule has 0 aliphatic rings. The highest BCUT2D eigenvalue weighted by Crippen LogP contribution is 2.33. The minimum Gasteiger partial charge on any atom is -0.496 e. The number of ether oxygens (including phenoxy) is 2. The summed E-state index contributed by atoms with van der Waals surface area (Å²) in [7, 11) is 1.36. The third kappa shape index (κ3) is 5.57. The smallest absolute Gasteiger partial charge is 0.346 e. The van der Waals surface area contributed by atoms with Crippen LogP contribution < -0.4 is 21.3 Å². The molecular formula is C26H29FN4O7S. The topological polar surface area (TPSA) is 153 Å². The van der Waals surface area contributed by atoms with Gasteiger partial charge in [0.2, 0.25) is 5.91 Å². The van der Waals surface area contributed by atoms with Gasteiger partial charge in [-0.2, -0.15) is 5.26 Å². The van der Waals surface area contributed by atoms with Gasteiger partial charge in [-0.05, 0) is 58.4 Å². The summed E-state index contributed by atoms with van der Waals surface area (Å²) in [4.78, 5) is 52.6. The van der Waals surface area contributed by atoms with E-state index >= 15 is 0 Å². The second-order valence-corrected chi connectivity index (χ2v) is 10.6. The Kier molecular flexibility index (Phi) is 8.62. The molecular weight excluding hydrogens is 531 g/mol. The number of thiophene rings is 1. The molecule has 2 aromatic heterocycles. The molecule has 0 bridgehead atoms. The van der Waals surface area contributed by atoms with Crippen LogP contribution in [0.5, 0.6) is 5.75 Å². The zero-order chi connectivity index (χ0) is 29.2. The lowest BCUT2D eigenvalue weighted by atomic mass is 10.0. The first-order valence-corrected chi connectivity index (χ1v) is 12.7. The van der Waals surface area contributed by atoms with E-state index in [2.05, 4.69) is 5.32 Å². The number of hydrogen-bond donors (Lipinski definition) is 2. The summed E-state index contributed by atoms with van der Waals surface area (Å²) in [5.74, 6) is -2.29. The fourth-order valence-corrected chi connectivity index (χ4v) is 5.39. The number of aromatic nitrogens is 2. The summed E-state index contributed by atoms with van der Waals surface area (Å²) in [6.45, 7) is 6.94. The lowest BCUT2D eigenvalue weighted by Crippen LogP contribution is -2.56. The number of carboxylic acid groups (broad SMARTS) is 1. The predicted octanol–water partition coefficient (Wildman–Crippen LogP) is 2.92. The van der Waals surface area contributed by atoms with Crippen LogP contribution in [-0.4, -0.2) is 45.9 Å². The fourth-order valence-electron chi connectivity index (χ4n) is 4.25. The highest BCUT2D eigenvalue weighted by Gasteiger charge is 2.36. The van der Waals surface area contributed by atoms with Crippen LogP contribution in [-0.2, 0) is 21.6 Å². The second kappa shape index (κ2) is 11.4. The number of carbonyl (C=O) groups excluding carboxylic acids is 1. The van der Waals surface area contributed by atoms with Crippen molar-refractivity contribution >= 4 is 33.4 Å². The summed E-state index contributed by atoms with van der Waals surface area (Å²) in [6.07, 6.45) is -1.12. The number of carbonyl (C=O) groups is 2. The van der Waals surface area contributed by atoms with E-state index < -0.39 is 47.2 Å². The van der Waals surface area contributed by atoms with Gasteiger partial charge in [0.05, 0.1) is 25.1 Å². The molecule has 11 nitrogen and oxygen atoms in total. The van der Waals surface area contributed by atoms with Crippen molar-refractivity contribution < 1.29 is 28.6 Å². The molecule has 3 aromatic rings. The Hall–Kier alpha value is -4.02. The number of amides is 1. The van der Waals surface area contributed by atoms with Crippen LogP contribution in [0, 0.1) is 24.1 Å². The lowest BCUT2D eigenvalue weighted by molar-refractivity contribution is -0.129. The van der Waals surface area contributed by atoms with Crippen molar-refractivity contribution in [2.75, 3.05) is 13.7 Å². The zero-order valence-corrected chi connectivity index (χ0v) is 23.1. The van der Waals surface area contributed by atoms with Crippen molar-refractivity contribution in [3.8, 4) is 11.8 Å². The Morgan fingerprint density at radius 2 is 1.95 bits per heavy atom. The van der Waals surface area contributed by atoms with Gasteiger partial charge in [0.25, 0.3) is 5.56 Å². The molecule has 2 heterocycles. The maximum absolute atomic E-state index is 14.3. The number of fused-ring (bicyclic) bond motifs is 1. The van der Waals surface area contributed by atoms with Crippen LogP contribution in [0.4, 0.5) is 4.39 Å². The van der Waals surface area contributed by atoms with Gasteiger partial charge in [-0.15, -0.1) is 11.3 Å². The molecule has 0 saturated heterocycles. The van der Waals surface area contributed by atoms with Gasteiger partial charge in [-0.3, -0.25) is 14.2 Å². The molecule has 0 unspecified atom stereocenters. The van der Waals surface area contributed by atoms with E-state index in [1.54, 1.807) is 13.8 Å². The monoisotopic (exact) mass is 560 g/mol. The molecule has 0 spiro atoms. The fraction of sp³-hybridized carbons (Fsp3) is 0.423. The third-order valence-corrected chi connectivity index (χ3v) is 7.48. The van der Waals surface area contributed by atoms with E-state index in [0.29, 0.717) is 0 Å². The van der Waals surface area contributed by atoms with Crippen molar-refractivity contribution in [3.05, 3.63) is 60.9 Å². The van der Waals surface area contributed by atoms with Gasteiger partial charge in [0, 0.05) is 11.6 Å². The van der Waals surface area contributed by atoms with Crippen molar-refractivity contribution in [2.45, 2.75) is 58.8 Å². The molecule has 2 N–H and O–H groups in total. The average Bonchev–Trinajstić information content (AvgIpc) is 3.20. The maximum Gasteiger partial charge on any atom is 0.346 e. The lowest BCUT2D eigenvalue weighted by Gasteiger charge is -2.28. The molecule has 39 heavy (non-hydrogen) atoms. The Bertz CT molecular complexity index is 1600. The quantitative estimate of drug-likeness (QED) is 0.384. The SMILES string of the molecule is COc1ccc(F)cc1[C@H](Cn1c(=O)n(C(C)(C)C(=O)NC(C)C)c(=O)c2c(C)c(C(=O)O)sc21)OCC#N. The van der Waals surface area contributed by atoms with Gasteiger partial charge in [0.15, 0.2) is 0 Å². The number of nitriles is 1. The Labute approximate surface area is 227 Å². The predicted molar refractivity (Wildman–Crippen MR) is 142 cm³/mol. The van der Waals surface area contributed by atoms with Crippen molar-refractivity contribution in [1.82, 2.24) is 14.5 Å². The minimum absolute atomic E-state index is 0.0390. The molecule has 3 rings (SSSR count). The maximum atomic E-state index is 14.3. The number of carboxylic acids is 1. The third-order valence-electron chi connectivity index (χ3n) is 6.18. The molecule has 0 aliphatic carbocycles. The number of benzene rings is 1. The highest BCUT2D eigenvalue weighted by molar-refractivity contribution is 7.20. The normalized spacial score (nSPS) is 12.4. The van der Waals surface area contributed by atoms with Gasteiger partial charge >= 0.3 is 11.7 Å². The van der Waals surface area contributed by atoms with Crippen molar-refractivity contribution in [2.24, 2.45) is 0 Å². The van der Waals surface area contributed by atoms with E-state index in [1.807, 2.05) is 6.07 Å². The van der Waals surface area contributed by atoms with Crippen LogP contribution in [0.2, 0.25) is 0 Å². The number of hydrogen-bond acceptors (Lipinski definition) is 8. The van der Waals surface area contributed by atoms with Crippen LogP contribution >= 0.6 is 11.3 Å². The molecule has 13 heteroatoms. The molecule has 0 radical (unpaired) electrons. The minimum atomic E-state index is -1.67. The standard InChI is InChI=1S/C26H29FN4O7S/c1-13(2)29-24(35)26(4,5)31-21(32)19-14(3)20(23(33)34)39-22(19)30(25(31)36)12-18(38-10-9-28)16-11-15(27)7-8-17(16)37-6/h7-8,11,13,18H,10,12H2,1-6H3,(H,29,35)(H,33,34)/t18-/m0/s1. The number of nitrogens with one attached hydrogen (secondary N) is 1. The van der Waals surface area contributed by atoms with E-state index in [0.717, 1.165) is 26.5 Å². The number of rotatable bonds is 10. The highest BCUT2D eigenvalue weighted by atomic mass is 32.1. The second-order valence-electron chi connectivity index (χ2n) is 9.61. The molecule has 1 atom stereocenters. The molecule has 0 aliphatic heterocycles. The van der Waals surface area contributed by atoms with E-state index in [9.17, 15) is 28.7 Å². The first-order chi connectivity index (χ1) is 18.3. The van der Waals surface area contributed by atoms with E-state index in [1.165, 1.54) is 40.0 Å². The molecule has 0 fully saturated rings. The summed E-state index contributed by atoms with van der Waals surface area (Å²) in [5.41, 5.74) is -3.09. The summed E-state index contributed by atoms with van der Waals surface area (Å²) in [5, 5.41) is 21.5. The Morgan fingerprint density at radius 1 is 1.28 bits per heavy atom. The van der Waals surface area contributed by atoms with Crippen molar-refractivity contribution in [3.63, 3.8) is 0 Å². The first kappa shape index (κ1) is 29.5. The Morgan fingerprint density at radius 3 is 2.51 bits per heavy atom. The number of aryl methyl sites for hydroxylation is 1. The number of nitrogens with zero attached hydrogens (tertiary/aromatic N) is 3. The number of halogens is 1.